The van der Waals surface area contributed by atoms with Crippen molar-refractivity contribution < 1.29 is 19.0 Å². The molecule has 0 unspecified atom stereocenters. The van der Waals surface area contributed by atoms with Crippen LogP contribution in [-0.4, -0.2) is 74.1 Å². The lowest BCUT2D eigenvalue weighted by molar-refractivity contribution is -0.118. The fraction of sp³-hybridized carbons (Fsp3) is 0.643. The van der Waals surface area contributed by atoms with Crippen molar-refractivity contribution in [2.75, 3.05) is 51.9 Å². The van der Waals surface area contributed by atoms with Crippen molar-refractivity contribution >= 4 is 34.1 Å². The van der Waals surface area contributed by atoms with Gasteiger partial charge >= 0.3 is 0 Å². The molecular weight excluding hydrogens is 478 g/mol. The number of methoxy groups -OCH3 is 1. The Bertz CT molecular complexity index is 1150. The summed E-state index contributed by atoms with van der Waals surface area (Å²) in [5, 5.41) is 5.93. The van der Waals surface area contributed by atoms with E-state index >= 15 is 0 Å². The molecule has 0 radical (unpaired) electrons. The van der Waals surface area contributed by atoms with E-state index in [-0.39, 0.29) is 28.9 Å². The van der Waals surface area contributed by atoms with E-state index in [2.05, 4.69) is 28.2 Å². The minimum Gasteiger partial charge on any atom is -0.381 e. The average molecular weight is 514 g/mol. The molecule has 1 N–H and O–H groups in total. The van der Waals surface area contributed by atoms with E-state index in [1.165, 1.54) is 5.56 Å². The van der Waals surface area contributed by atoms with Crippen LogP contribution in [0.15, 0.2) is 24.4 Å². The number of nitrogens with one attached hydrogen (secondary N) is 1. The minimum atomic E-state index is -0.0730. The number of benzene rings is 1. The lowest BCUT2D eigenvalue weighted by Crippen LogP contribution is -2.57. The quantitative estimate of drug-likeness (QED) is 0.628. The van der Waals surface area contributed by atoms with Crippen LogP contribution in [0, 0.1) is 11.3 Å². The van der Waals surface area contributed by atoms with Crippen LogP contribution >= 0.6 is 11.6 Å². The number of carbonyl (C=O) groups is 1. The molecule has 1 aromatic carbocycles. The number of halogens is 1. The van der Waals surface area contributed by atoms with Gasteiger partial charge in [0.1, 0.15) is 11.9 Å². The van der Waals surface area contributed by atoms with Crippen LogP contribution in [-0.2, 0) is 19.0 Å². The maximum atomic E-state index is 12.9. The number of anilines is 1. The van der Waals surface area contributed by atoms with Gasteiger partial charge in [0.25, 0.3) is 0 Å². The van der Waals surface area contributed by atoms with Crippen molar-refractivity contribution in [1.29, 1.82) is 0 Å². The van der Waals surface area contributed by atoms with Crippen molar-refractivity contribution in [3.05, 3.63) is 35.0 Å². The predicted octanol–water partition coefficient (Wildman–Crippen LogP) is 4.63. The highest BCUT2D eigenvalue weighted by Crippen LogP contribution is 2.59. The molecule has 4 aliphatic rings. The van der Waals surface area contributed by atoms with Gasteiger partial charge in [0.05, 0.1) is 18.8 Å². The second kappa shape index (κ2) is 9.52. The molecule has 194 valence electrons. The molecule has 3 saturated heterocycles. The first-order valence-electron chi connectivity index (χ1n) is 13.3. The molecule has 4 heterocycles. The van der Waals surface area contributed by atoms with Crippen LogP contribution in [0.1, 0.15) is 50.5 Å². The first-order chi connectivity index (χ1) is 17.4. The largest absolute Gasteiger partial charge is 0.381 e. The Kier molecular flexibility index (Phi) is 6.49. The Morgan fingerprint density at radius 2 is 1.94 bits per heavy atom. The van der Waals surface area contributed by atoms with E-state index < -0.39 is 0 Å². The molecule has 4 fully saturated rings. The normalized spacial score (nSPS) is 30.6. The summed E-state index contributed by atoms with van der Waals surface area (Å²) < 4.78 is 17.0. The molecule has 1 spiro atoms. The van der Waals surface area contributed by atoms with E-state index in [0.717, 1.165) is 74.2 Å². The van der Waals surface area contributed by atoms with E-state index in [1.807, 2.05) is 18.3 Å². The number of piperidine rings is 1. The van der Waals surface area contributed by atoms with Gasteiger partial charge < -0.3 is 19.5 Å². The number of amides is 1. The molecule has 3 atom stereocenters. The van der Waals surface area contributed by atoms with E-state index in [1.54, 1.807) is 7.11 Å². The van der Waals surface area contributed by atoms with Gasteiger partial charge in [-0.3, -0.25) is 9.69 Å². The predicted molar refractivity (Wildman–Crippen MR) is 140 cm³/mol. The van der Waals surface area contributed by atoms with Crippen LogP contribution in [0.4, 0.5) is 5.82 Å². The van der Waals surface area contributed by atoms with Gasteiger partial charge in [-0.1, -0.05) is 11.6 Å². The molecule has 36 heavy (non-hydrogen) atoms. The Hall–Kier alpha value is -1.77. The number of hydrogen-bond acceptors (Lipinski definition) is 6. The highest BCUT2D eigenvalue weighted by atomic mass is 35.5. The third-order valence-corrected chi connectivity index (χ3v) is 9.71. The zero-order valence-electron chi connectivity index (χ0n) is 21.2. The molecule has 1 aromatic heterocycles. The maximum absolute atomic E-state index is 12.9. The highest BCUT2D eigenvalue weighted by Gasteiger charge is 2.58. The summed E-state index contributed by atoms with van der Waals surface area (Å²) in [4.78, 5) is 20.0. The number of hydrogen-bond donors (Lipinski definition) is 1. The summed E-state index contributed by atoms with van der Waals surface area (Å²) in [7, 11) is 1.78. The summed E-state index contributed by atoms with van der Waals surface area (Å²) in [6.45, 7) is 7.14. The van der Waals surface area contributed by atoms with Crippen LogP contribution in [0.5, 0.6) is 0 Å². The lowest BCUT2D eigenvalue weighted by atomic mass is 9.85. The van der Waals surface area contributed by atoms with E-state index in [0.29, 0.717) is 24.9 Å². The SMILES string of the molecule is CO[C@@H]1COC[C@]1(C)N1CCC(c2cc3cc(NC(=O)[C@@H]4CC45CCOCC5)ncc3cc2Cl)CC1. The third-order valence-electron chi connectivity index (χ3n) is 9.38. The van der Waals surface area contributed by atoms with Crippen molar-refractivity contribution in [1.82, 2.24) is 9.88 Å². The molecular formula is C28H36ClN3O4. The number of pyridine rings is 1. The number of nitrogens with zero attached hydrogens (tertiary/aromatic N) is 2. The number of fused-ring (bicyclic) bond motifs is 1. The lowest BCUT2D eigenvalue weighted by Gasteiger charge is -2.44. The molecule has 3 aliphatic heterocycles. The first-order valence-corrected chi connectivity index (χ1v) is 13.6. The number of likely N-dealkylation sites (tertiary alicyclic amines) is 1. The molecule has 0 bridgehead atoms. The Balaban J connectivity index is 1.15. The van der Waals surface area contributed by atoms with Crippen molar-refractivity contribution in [3.63, 3.8) is 0 Å². The minimum absolute atomic E-state index is 0.0730. The number of carbonyl (C=O) groups excluding carboxylic acids is 1. The molecule has 1 saturated carbocycles. The van der Waals surface area contributed by atoms with Crippen LogP contribution in [0.3, 0.4) is 0 Å². The fourth-order valence-corrected chi connectivity index (χ4v) is 7.12. The summed E-state index contributed by atoms with van der Waals surface area (Å²) in [5.74, 6) is 1.18. The molecule has 1 amide bonds. The summed E-state index contributed by atoms with van der Waals surface area (Å²) in [6.07, 6.45) is 6.93. The second-order valence-corrected chi connectivity index (χ2v) is 11.8. The van der Waals surface area contributed by atoms with Crippen molar-refractivity contribution in [2.45, 2.75) is 56.6 Å². The smallest absolute Gasteiger partial charge is 0.229 e. The monoisotopic (exact) mass is 513 g/mol. The number of rotatable bonds is 5. The molecule has 2 aromatic rings. The van der Waals surface area contributed by atoms with Crippen LogP contribution in [0.2, 0.25) is 5.02 Å². The van der Waals surface area contributed by atoms with E-state index in [4.69, 9.17) is 25.8 Å². The van der Waals surface area contributed by atoms with Crippen LogP contribution < -0.4 is 5.32 Å². The number of aromatic nitrogens is 1. The molecule has 1 aliphatic carbocycles. The van der Waals surface area contributed by atoms with Gasteiger partial charge in [-0.05, 0) is 92.6 Å². The third kappa shape index (κ3) is 4.33. The van der Waals surface area contributed by atoms with Crippen molar-refractivity contribution in [3.8, 4) is 0 Å². The standard InChI is InChI=1S/C28H36ClN3O4/c1-27(17-36-16-24(27)34-2)32-7-3-18(4-8-32)21-11-19-13-25(30-15-20(19)12-23(21)29)31-26(33)22-14-28(22)5-9-35-10-6-28/h11-13,15,18,22,24H,3-10,14,16-17H2,1-2H3,(H,30,31,33)/t22-,24+,27-/m0/s1. The zero-order valence-corrected chi connectivity index (χ0v) is 22.0. The topological polar surface area (TPSA) is 72.9 Å². The van der Waals surface area contributed by atoms with Gasteiger partial charge in [-0.15, -0.1) is 0 Å². The Morgan fingerprint density at radius 1 is 1.17 bits per heavy atom. The second-order valence-electron chi connectivity index (χ2n) is 11.4. The summed E-state index contributed by atoms with van der Waals surface area (Å²) in [6, 6.07) is 6.20. The molecule has 7 nitrogen and oxygen atoms in total. The Labute approximate surface area is 217 Å². The fourth-order valence-electron chi connectivity index (χ4n) is 6.79. The highest BCUT2D eigenvalue weighted by molar-refractivity contribution is 6.32. The summed E-state index contributed by atoms with van der Waals surface area (Å²) in [5.41, 5.74) is 1.27. The Morgan fingerprint density at radius 3 is 2.69 bits per heavy atom. The molecule has 8 heteroatoms. The zero-order chi connectivity index (χ0) is 24.9. The van der Waals surface area contributed by atoms with Gasteiger partial charge in [-0.25, -0.2) is 4.98 Å². The first kappa shape index (κ1) is 24.6. The number of ether oxygens (including phenoxy) is 3. The maximum Gasteiger partial charge on any atom is 0.229 e. The van der Waals surface area contributed by atoms with E-state index in [9.17, 15) is 4.79 Å². The summed E-state index contributed by atoms with van der Waals surface area (Å²) >= 11 is 6.77. The molecule has 6 rings (SSSR count). The van der Waals surface area contributed by atoms with Crippen molar-refractivity contribution in [2.24, 2.45) is 11.3 Å². The van der Waals surface area contributed by atoms with Gasteiger partial charge in [-0.2, -0.15) is 0 Å². The van der Waals surface area contributed by atoms with Gasteiger partial charge in [0.2, 0.25) is 5.91 Å². The van der Waals surface area contributed by atoms with Gasteiger partial charge in [0, 0.05) is 42.8 Å². The average Bonchev–Trinajstić information content (AvgIpc) is 3.44. The van der Waals surface area contributed by atoms with Crippen LogP contribution in [0.25, 0.3) is 10.8 Å². The van der Waals surface area contributed by atoms with Gasteiger partial charge in [0.15, 0.2) is 0 Å².